The number of piperidine rings is 1. The summed E-state index contributed by atoms with van der Waals surface area (Å²) in [5.41, 5.74) is 0.324. The van der Waals surface area contributed by atoms with E-state index in [1.54, 1.807) is 39.0 Å². The monoisotopic (exact) mass is 446 g/mol. The van der Waals surface area contributed by atoms with Crippen LogP contribution in [0.4, 0.5) is 4.79 Å². The zero-order chi connectivity index (χ0) is 19.4. The summed E-state index contributed by atoms with van der Waals surface area (Å²) in [6.45, 7) is 6.08. The van der Waals surface area contributed by atoms with Gasteiger partial charge in [0.1, 0.15) is 5.60 Å². The third kappa shape index (κ3) is 5.69. The highest BCUT2D eigenvalue weighted by Crippen LogP contribution is 2.26. The van der Waals surface area contributed by atoms with Crippen molar-refractivity contribution >= 4 is 32.0 Å². The Balaban J connectivity index is 2.13. The predicted octanol–water partition coefficient (Wildman–Crippen LogP) is 3.65. The Bertz CT molecular complexity index is 731. The quantitative estimate of drug-likeness (QED) is 0.700. The highest BCUT2D eigenvalue weighted by atomic mass is 79.9. The van der Waals surface area contributed by atoms with Gasteiger partial charge < -0.3 is 10.1 Å². The van der Waals surface area contributed by atoms with Crippen molar-refractivity contribution in [3.05, 3.63) is 29.8 Å². The number of sulfonamides is 1. The van der Waals surface area contributed by atoms with Gasteiger partial charge in [0, 0.05) is 24.5 Å². The third-order valence-corrected chi connectivity index (χ3v) is 6.71. The second-order valence-corrected chi connectivity index (χ2v) is 9.88. The van der Waals surface area contributed by atoms with Crippen LogP contribution in [0.3, 0.4) is 0 Å². The number of alkyl carbamates (subject to hydrolysis) is 1. The lowest BCUT2D eigenvalue weighted by Gasteiger charge is -2.35. The molecule has 1 saturated heterocycles. The van der Waals surface area contributed by atoms with Gasteiger partial charge in [0.2, 0.25) is 10.0 Å². The smallest absolute Gasteiger partial charge is 0.407 e. The van der Waals surface area contributed by atoms with Crippen LogP contribution < -0.4 is 5.32 Å². The lowest BCUT2D eigenvalue weighted by molar-refractivity contribution is 0.0512. The fourth-order valence-corrected chi connectivity index (χ4v) is 5.05. The molecular formula is C18H27BrN2O4S. The summed E-state index contributed by atoms with van der Waals surface area (Å²) in [6, 6.07) is 6.67. The number of hydrogen-bond acceptors (Lipinski definition) is 4. The summed E-state index contributed by atoms with van der Waals surface area (Å²) in [4.78, 5) is 12.2. The molecule has 2 rings (SSSR count). The number of amides is 1. The largest absolute Gasteiger partial charge is 0.444 e. The molecule has 26 heavy (non-hydrogen) atoms. The second kappa shape index (κ2) is 8.71. The molecule has 1 aromatic rings. The molecule has 0 aliphatic carbocycles. The summed E-state index contributed by atoms with van der Waals surface area (Å²) in [5, 5.41) is 3.31. The molecule has 0 aromatic heterocycles. The van der Waals surface area contributed by atoms with Crippen LogP contribution in [0.2, 0.25) is 0 Å². The van der Waals surface area contributed by atoms with Crippen molar-refractivity contribution in [1.29, 1.82) is 0 Å². The molecule has 1 aliphatic heterocycles. The first kappa shape index (κ1) is 21.2. The first-order valence-corrected chi connectivity index (χ1v) is 11.3. The van der Waals surface area contributed by atoms with Crippen molar-refractivity contribution in [3.63, 3.8) is 0 Å². The van der Waals surface area contributed by atoms with Gasteiger partial charge >= 0.3 is 6.09 Å². The fourth-order valence-electron chi connectivity index (χ4n) is 2.93. The minimum atomic E-state index is -3.61. The van der Waals surface area contributed by atoms with Crippen molar-refractivity contribution in [3.8, 4) is 0 Å². The Morgan fingerprint density at radius 3 is 2.73 bits per heavy atom. The van der Waals surface area contributed by atoms with E-state index in [1.807, 2.05) is 6.07 Å². The summed E-state index contributed by atoms with van der Waals surface area (Å²) in [6.07, 6.45) is 1.95. The predicted molar refractivity (Wildman–Crippen MR) is 105 cm³/mol. The lowest BCUT2D eigenvalue weighted by atomic mass is 10.1. The van der Waals surface area contributed by atoms with E-state index in [1.165, 1.54) is 4.31 Å². The maximum Gasteiger partial charge on any atom is 0.407 e. The average molecular weight is 447 g/mol. The standard InChI is InChI=1S/C18H27BrN2O4S/c1-18(2,3)25-17(22)20-13-15-8-4-5-10-21(15)26(23,24)16-9-6-7-14(11-16)12-19/h6-7,9,11,15H,4-5,8,10,12-13H2,1-3H3,(H,20,22)/t15-/m1/s1. The third-order valence-electron chi connectivity index (χ3n) is 4.11. The van der Waals surface area contributed by atoms with Gasteiger partial charge in [-0.05, 0) is 51.3 Å². The molecule has 0 bridgehead atoms. The molecule has 6 nitrogen and oxygen atoms in total. The molecule has 146 valence electrons. The molecule has 8 heteroatoms. The minimum absolute atomic E-state index is 0.242. The Hall–Kier alpha value is -1.12. The van der Waals surface area contributed by atoms with Crippen molar-refractivity contribution in [2.24, 2.45) is 0 Å². The molecule has 1 aromatic carbocycles. The van der Waals surface area contributed by atoms with E-state index >= 15 is 0 Å². The Labute approximate surface area is 164 Å². The average Bonchev–Trinajstić information content (AvgIpc) is 2.58. The van der Waals surface area contributed by atoms with E-state index in [9.17, 15) is 13.2 Å². The van der Waals surface area contributed by atoms with Gasteiger partial charge in [-0.25, -0.2) is 13.2 Å². The Kier molecular flexibility index (Phi) is 7.10. The van der Waals surface area contributed by atoms with Crippen LogP contribution in [0.1, 0.15) is 45.6 Å². The number of carbonyl (C=O) groups excluding carboxylic acids is 1. The highest BCUT2D eigenvalue weighted by Gasteiger charge is 2.34. The number of alkyl halides is 1. The van der Waals surface area contributed by atoms with Gasteiger partial charge in [-0.1, -0.05) is 34.5 Å². The van der Waals surface area contributed by atoms with E-state index in [0.717, 1.165) is 18.4 Å². The van der Waals surface area contributed by atoms with Crippen LogP contribution >= 0.6 is 15.9 Å². The second-order valence-electron chi connectivity index (χ2n) is 7.43. The molecule has 0 saturated carbocycles. The Morgan fingerprint density at radius 1 is 1.35 bits per heavy atom. The number of nitrogens with one attached hydrogen (secondary N) is 1. The number of halogens is 1. The molecule has 1 N–H and O–H groups in total. The normalized spacial score (nSPS) is 19.2. The molecule has 1 fully saturated rings. The first-order chi connectivity index (χ1) is 12.1. The number of ether oxygens (including phenoxy) is 1. The topological polar surface area (TPSA) is 75.7 Å². The summed E-state index contributed by atoms with van der Waals surface area (Å²) in [5.74, 6) is 0. The van der Waals surface area contributed by atoms with E-state index in [4.69, 9.17) is 4.74 Å². The van der Waals surface area contributed by atoms with Crippen LogP contribution in [0.25, 0.3) is 0 Å². The molecule has 0 radical (unpaired) electrons. The number of carbonyl (C=O) groups is 1. The van der Waals surface area contributed by atoms with E-state index < -0.39 is 21.7 Å². The maximum atomic E-state index is 13.1. The maximum absolute atomic E-state index is 13.1. The van der Waals surface area contributed by atoms with Crippen LogP contribution in [0.15, 0.2) is 29.2 Å². The molecule has 0 spiro atoms. The van der Waals surface area contributed by atoms with Crippen LogP contribution in [-0.4, -0.2) is 43.5 Å². The zero-order valence-corrected chi connectivity index (χ0v) is 17.9. The van der Waals surface area contributed by atoms with Crippen LogP contribution in [0, 0.1) is 0 Å². The highest BCUT2D eigenvalue weighted by molar-refractivity contribution is 9.08. The van der Waals surface area contributed by atoms with Gasteiger partial charge in [0.25, 0.3) is 0 Å². The van der Waals surface area contributed by atoms with Gasteiger partial charge in [-0.3, -0.25) is 0 Å². The lowest BCUT2D eigenvalue weighted by Crippen LogP contribution is -2.49. The van der Waals surface area contributed by atoms with E-state index in [0.29, 0.717) is 23.2 Å². The van der Waals surface area contributed by atoms with Gasteiger partial charge in [-0.2, -0.15) is 4.31 Å². The van der Waals surface area contributed by atoms with Crippen molar-refractivity contribution < 1.29 is 17.9 Å². The van der Waals surface area contributed by atoms with Crippen molar-refractivity contribution in [2.45, 2.75) is 61.9 Å². The molecule has 1 atom stereocenters. The summed E-state index contributed by atoms with van der Waals surface area (Å²) >= 11 is 3.36. The summed E-state index contributed by atoms with van der Waals surface area (Å²) < 4.78 is 33.0. The van der Waals surface area contributed by atoms with Crippen molar-refractivity contribution in [2.75, 3.05) is 13.1 Å². The first-order valence-electron chi connectivity index (χ1n) is 8.77. The van der Waals surface area contributed by atoms with Crippen molar-refractivity contribution in [1.82, 2.24) is 9.62 Å². The van der Waals surface area contributed by atoms with Gasteiger partial charge in [0.05, 0.1) is 4.90 Å². The number of rotatable bonds is 5. The van der Waals surface area contributed by atoms with Gasteiger partial charge in [0.15, 0.2) is 0 Å². The molecular weight excluding hydrogens is 420 g/mol. The Morgan fingerprint density at radius 2 is 2.08 bits per heavy atom. The molecule has 1 heterocycles. The van der Waals surface area contributed by atoms with Gasteiger partial charge in [-0.15, -0.1) is 0 Å². The zero-order valence-electron chi connectivity index (χ0n) is 15.5. The van der Waals surface area contributed by atoms with Crippen LogP contribution in [0.5, 0.6) is 0 Å². The molecule has 1 amide bonds. The number of hydrogen-bond donors (Lipinski definition) is 1. The summed E-state index contributed by atoms with van der Waals surface area (Å²) in [7, 11) is -3.61. The molecule has 1 aliphatic rings. The minimum Gasteiger partial charge on any atom is -0.444 e. The number of benzene rings is 1. The number of nitrogens with zero attached hydrogens (tertiary/aromatic N) is 1. The van der Waals surface area contributed by atoms with E-state index in [2.05, 4.69) is 21.2 Å². The van der Waals surface area contributed by atoms with Crippen LogP contribution in [-0.2, 0) is 20.1 Å². The fraction of sp³-hybridized carbons (Fsp3) is 0.611. The van der Waals surface area contributed by atoms with E-state index in [-0.39, 0.29) is 12.6 Å². The SMILES string of the molecule is CC(C)(C)OC(=O)NC[C@H]1CCCCN1S(=O)(=O)c1cccc(CBr)c1. The molecule has 0 unspecified atom stereocenters.